The fourth-order valence-corrected chi connectivity index (χ4v) is 3.27. The monoisotopic (exact) mass is 385 g/mol. The molecule has 3 rings (SSSR count). The number of aryl methyl sites for hydroxylation is 1. The fraction of sp³-hybridized carbons (Fsp3) is 0.350. The molecule has 1 atom stereocenters. The minimum atomic E-state index is -0.526. The van der Waals surface area contributed by atoms with Crippen molar-refractivity contribution in [3.05, 3.63) is 57.6 Å². The summed E-state index contributed by atoms with van der Waals surface area (Å²) in [4.78, 5) is 25.5. The summed E-state index contributed by atoms with van der Waals surface area (Å²) >= 11 is 0. The van der Waals surface area contributed by atoms with Crippen molar-refractivity contribution in [3.8, 4) is 11.5 Å². The van der Waals surface area contributed by atoms with Crippen LogP contribution in [0.5, 0.6) is 11.5 Å². The second-order valence-corrected chi connectivity index (χ2v) is 6.71. The van der Waals surface area contributed by atoms with E-state index < -0.39 is 11.0 Å². The highest BCUT2D eigenvalue weighted by Gasteiger charge is 2.33. The van der Waals surface area contributed by atoms with E-state index in [0.29, 0.717) is 25.3 Å². The maximum Gasteiger partial charge on any atom is 0.296 e. The Bertz CT molecular complexity index is 882. The lowest BCUT2D eigenvalue weighted by Crippen LogP contribution is -2.33. The molecule has 1 fully saturated rings. The summed E-state index contributed by atoms with van der Waals surface area (Å²) in [6.45, 7) is 3.12. The topological polar surface area (TPSA) is 93.9 Å². The van der Waals surface area contributed by atoms with Gasteiger partial charge in [-0.15, -0.1) is 0 Å². The van der Waals surface area contributed by atoms with Crippen LogP contribution < -0.4 is 14.8 Å². The molecule has 1 aliphatic rings. The molecule has 1 aliphatic heterocycles. The second kappa shape index (κ2) is 8.16. The average Bonchev–Trinajstić information content (AvgIpc) is 3.02. The highest BCUT2D eigenvalue weighted by Crippen LogP contribution is 2.38. The summed E-state index contributed by atoms with van der Waals surface area (Å²) in [6, 6.07) is 10.3. The highest BCUT2D eigenvalue weighted by molar-refractivity contribution is 5.88. The number of carbonyl (C=O) groups is 1. The minimum absolute atomic E-state index is 0.0790. The van der Waals surface area contributed by atoms with Crippen molar-refractivity contribution in [3.63, 3.8) is 0 Å². The van der Waals surface area contributed by atoms with Crippen LogP contribution in [0.25, 0.3) is 0 Å². The number of nitro groups is 1. The summed E-state index contributed by atoms with van der Waals surface area (Å²) < 4.78 is 10.4. The first-order chi connectivity index (χ1) is 13.4. The molecule has 2 aromatic rings. The molecule has 2 aromatic carbocycles. The summed E-state index contributed by atoms with van der Waals surface area (Å²) in [5.74, 6) is 0.542. The lowest BCUT2D eigenvalue weighted by atomic mass is 10.1. The molecule has 1 N–H and O–H groups in total. The van der Waals surface area contributed by atoms with E-state index in [2.05, 4.69) is 5.32 Å². The van der Waals surface area contributed by atoms with Crippen LogP contribution >= 0.6 is 0 Å². The molecular weight excluding hydrogens is 362 g/mol. The van der Waals surface area contributed by atoms with Gasteiger partial charge >= 0.3 is 0 Å². The first kappa shape index (κ1) is 19.5. The Morgan fingerprint density at radius 3 is 2.43 bits per heavy atom. The van der Waals surface area contributed by atoms with Gasteiger partial charge in [-0.25, -0.2) is 0 Å². The van der Waals surface area contributed by atoms with Crippen LogP contribution in [-0.2, 0) is 11.3 Å². The van der Waals surface area contributed by atoms with Crippen molar-refractivity contribution in [1.82, 2.24) is 4.90 Å². The van der Waals surface area contributed by atoms with E-state index in [1.54, 1.807) is 4.90 Å². The zero-order valence-electron chi connectivity index (χ0n) is 16.1. The Labute approximate surface area is 163 Å². The third-order valence-corrected chi connectivity index (χ3v) is 4.82. The van der Waals surface area contributed by atoms with Gasteiger partial charge in [-0.2, -0.15) is 0 Å². The largest absolute Gasteiger partial charge is 0.493 e. The zero-order valence-corrected chi connectivity index (χ0v) is 16.1. The normalized spacial score (nSPS) is 16.2. The van der Waals surface area contributed by atoms with Crippen LogP contribution in [0.15, 0.2) is 36.4 Å². The predicted octanol–water partition coefficient (Wildman–Crippen LogP) is 3.13. The molecule has 8 heteroatoms. The van der Waals surface area contributed by atoms with E-state index in [-0.39, 0.29) is 23.0 Å². The van der Waals surface area contributed by atoms with Gasteiger partial charge < -0.3 is 19.7 Å². The van der Waals surface area contributed by atoms with Crippen LogP contribution in [0.3, 0.4) is 0 Å². The van der Waals surface area contributed by atoms with Crippen molar-refractivity contribution in [2.75, 3.05) is 26.1 Å². The van der Waals surface area contributed by atoms with Crippen LogP contribution in [0.1, 0.15) is 17.5 Å². The number of hydrogen-bond acceptors (Lipinski definition) is 6. The maximum absolute atomic E-state index is 12.8. The number of anilines is 1. The molecular formula is C20H23N3O5. The van der Waals surface area contributed by atoms with E-state index in [1.807, 2.05) is 31.2 Å². The lowest BCUT2D eigenvalue weighted by molar-refractivity contribution is -0.384. The molecule has 8 nitrogen and oxygen atoms in total. The number of methoxy groups -OCH3 is 2. The van der Waals surface area contributed by atoms with Gasteiger partial charge in [0.15, 0.2) is 11.5 Å². The third kappa shape index (κ3) is 4.00. The Balaban J connectivity index is 1.77. The van der Waals surface area contributed by atoms with E-state index in [4.69, 9.17) is 9.47 Å². The van der Waals surface area contributed by atoms with E-state index in [1.165, 1.54) is 26.4 Å². The predicted molar refractivity (Wildman–Crippen MR) is 105 cm³/mol. The van der Waals surface area contributed by atoms with Crippen LogP contribution in [-0.4, -0.2) is 42.5 Å². The Morgan fingerprint density at radius 2 is 1.82 bits per heavy atom. The number of likely N-dealkylation sites (tertiary alicyclic amines) is 1. The fourth-order valence-electron chi connectivity index (χ4n) is 3.27. The number of rotatable bonds is 7. The van der Waals surface area contributed by atoms with Crippen LogP contribution in [0.2, 0.25) is 0 Å². The van der Waals surface area contributed by atoms with Gasteiger partial charge in [0, 0.05) is 19.2 Å². The second-order valence-electron chi connectivity index (χ2n) is 6.71. The van der Waals surface area contributed by atoms with Crippen molar-refractivity contribution < 1.29 is 19.2 Å². The molecule has 0 aliphatic carbocycles. The number of benzene rings is 2. The summed E-state index contributed by atoms with van der Waals surface area (Å²) in [7, 11) is 2.87. The third-order valence-electron chi connectivity index (χ3n) is 4.82. The Morgan fingerprint density at radius 1 is 1.18 bits per heavy atom. The quantitative estimate of drug-likeness (QED) is 0.581. The average molecular weight is 385 g/mol. The maximum atomic E-state index is 12.8. The van der Waals surface area contributed by atoms with Gasteiger partial charge in [0.25, 0.3) is 5.69 Å². The van der Waals surface area contributed by atoms with Crippen LogP contribution in [0, 0.1) is 17.0 Å². The molecule has 1 unspecified atom stereocenters. The number of amides is 1. The van der Waals surface area contributed by atoms with Gasteiger partial charge in [0.2, 0.25) is 5.91 Å². The molecule has 28 heavy (non-hydrogen) atoms. The molecule has 0 radical (unpaired) electrons. The Hall–Kier alpha value is -3.29. The molecule has 1 heterocycles. The van der Waals surface area contributed by atoms with E-state index >= 15 is 0 Å². The summed E-state index contributed by atoms with van der Waals surface area (Å²) in [5, 5.41) is 14.5. The molecule has 148 valence electrons. The molecule has 1 amide bonds. The minimum Gasteiger partial charge on any atom is -0.493 e. The number of nitro benzene ring substituents is 1. The Kier molecular flexibility index (Phi) is 5.67. The van der Waals surface area contributed by atoms with Gasteiger partial charge in [0.1, 0.15) is 11.7 Å². The molecule has 0 bridgehead atoms. The highest BCUT2D eigenvalue weighted by atomic mass is 16.6. The molecule has 0 saturated carbocycles. The number of hydrogen-bond donors (Lipinski definition) is 1. The van der Waals surface area contributed by atoms with Gasteiger partial charge in [-0.3, -0.25) is 14.9 Å². The van der Waals surface area contributed by atoms with Crippen LogP contribution in [0.4, 0.5) is 11.4 Å². The SMILES string of the molecule is COc1cc(NC2CCN(Cc3ccc(C)cc3)C2=O)c([N+](=O)[O-])cc1OC. The number of ether oxygens (including phenoxy) is 2. The van der Waals surface area contributed by atoms with Crippen molar-refractivity contribution >= 4 is 17.3 Å². The first-order valence-electron chi connectivity index (χ1n) is 8.94. The van der Waals surface area contributed by atoms with Gasteiger partial charge in [-0.05, 0) is 18.9 Å². The van der Waals surface area contributed by atoms with Crippen molar-refractivity contribution in [2.24, 2.45) is 0 Å². The van der Waals surface area contributed by atoms with Gasteiger partial charge in [0.05, 0.1) is 25.2 Å². The summed E-state index contributed by atoms with van der Waals surface area (Å²) in [5.41, 5.74) is 2.29. The van der Waals surface area contributed by atoms with Crippen molar-refractivity contribution in [1.29, 1.82) is 0 Å². The molecule has 0 spiro atoms. The zero-order chi connectivity index (χ0) is 20.3. The molecule has 1 saturated heterocycles. The smallest absolute Gasteiger partial charge is 0.296 e. The molecule has 0 aromatic heterocycles. The number of carbonyl (C=O) groups excluding carboxylic acids is 1. The summed E-state index contributed by atoms with van der Waals surface area (Å²) in [6.07, 6.45) is 0.566. The van der Waals surface area contributed by atoms with E-state index in [0.717, 1.165) is 11.1 Å². The van der Waals surface area contributed by atoms with Crippen molar-refractivity contribution in [2.45, 2.75) is 25.9 Å². The van der Waals surface area contributed by atoms with Gasteiger partial charge in [-0.1, -0.05) is 29.8 Å². The number of nitrogens with one attached hydrogen (secondary N) is 1. The standard InChI is InChI=1S/C20H23N3O5/c1-13-4-6-14(7-5-13)12-22-9-8-15(20(22)24)21-16-10-18(27-2)19(28-3)11-17(16)23(25)26/h4-7,10-11,15,21H,8-9,12H2,1-3H3. The first-order valence-corrected chi connectivity index (χ1v) is 8.94. The lowest BCUT2D eigenvalue weighted by Gasteiger charge is -2.18. The van der Waals surface area contributed by atoms with E-state index in [9.17, 15) is 14.9 Å². The number of nitrogens with zero attached hydrogens (tertiary/aromatic N) is 2.